The second kappa shape index (κ2) is 5.45. The number of hydrogen-bond donors (Lipinski definition) is 1. The molecule has 2 rings (SSSR count). The SMILES string of the molecule is CC(NS(=O)(=O)c1cc(Br)cnc1Cl)C1CCC1. The molecule has 100 valence electrons. The summed E-state index contributed by atoms with van der Waals surface area (Å²) < 4.78 is 27.7. The monoisotopic (exact) mass is 352 g/mol. The van der Waals surface area contributed by atoms with E-state index in [1.165, 1.54) is 18.7 Å². The van der Waals surface area contributed by atoms with Crippen LogP contribution in [-0.4, -0.2) is 19.4 Å². The molecule has 7 heteroatoms. The van der Waals surface area contributed by atoms with Gasteiger partial charge >= 0.3 is 0 Å². The van der Waals surface area contributed by atoms with Gasteiger partial charge < -0.3 is 0 Å². The maximum atomic E-state index is 12.2. The van der Waals surface area contributed by atoms with E-state index in [0.717, 1.165) is 12.8 Å². The molecule has 1 aliphatic rings. The normalized spacial score (nSPS) is 18.4. The third-order valence-corrected chi connectivity index (χ3v) is 5.68. The smallest absolute Gasteiger partial charge is 0.242 e. The van der Waals surface area contributed by atoms with Crippen LogP contribution in [0.3, 0.4) is 0 Å². The summed E-state index contributed by atoms with van der Waals surface area (Å²) in [6, 6.07) is 1.39. The van der Waals surface area contributed by atoms with Gasteiger partial charge in [0, 0.05) is 16.7 Å². The van der Waals surface area contributed by atoms with Gasteiger partial charge in [0.25, 0.3) is 0 Å². The molecule has 0 aliphatic heterocycles. The predicted octanol–water partition coefficient (Wildman–Crippen LogP) is 2.96. The lowest BCUT2D eigenvalue weighted by Crippen LogP contribution is -2.40. The first-order valence-electron chi connectivity index (χ1n) is 5.73. The minimum Gasteiger partial charge on any atom is -0.242 e. The first kappa shape index (κ1) is 14.2. The van der Waals surface area contributed by atoms with Gasteiger partial charge in [0.2, 0.25) is 10.0 Å². The van der Waals surface area contributed by atoms with Gasteiger partial charge in [0.15, 0.2) is 0 Å². The molecule has 1 heterocycles. The van der Waals surface area contributed by atoms with Gasteiger partial charge in [-0.3, -0.25) is 0 Å². The Morgan fingerprint density at radius 1 is 1.56 bits per heavy atom. The molecule has 1 unspecified atom stereocenters. The van der Waals surface area contributed by atoms with Crippen molar-refractivity contribution >= 4 is 37.6 Å². The van der Waals surface area contributed by atoms with Gasteiger partial charge in [-0.1, -0.05) is 18.0 Å². The van der Waals surface area contributed by atoms with Crippen LogP contribution in [0.5, 0.6) is 0 Å². The Bertz CT molecular complexity index is 546. The van der Waals surface area contributed by atoms with Crippen LogP contribution in [-0.2, 0) is 10.0 Å². The van der Waals surface area contributed by atoms with Gasteiger partial charge in [-0.2, -0.15) is 0 Å². The standard InChI is InChI=1S/C11H14BrClN2O2S/c1-7(8-3-2-4-8)15-18(16,17)10-5-9(12)6-14-11(10)13/h5-8,15H,2-4H2,1H3. The van der Waals surface area contributed by atoms with Crippen molar-refractivity contribution in [1.29, 1.82) is 0 Å². The summed E-state index contributed by atoms with van der Waals surface area (Å²) in [6.45, 7) is 1.89. The number of aromatic nitrogens is 1. The number of hydrogen-bond acceptors (Lipinski definition) is 3. The van der Waals surface area contributed by atoms with Gasteiger partial charge in [-0.15, -0.1) is 0 Å². The Balaban J connectivity index is 2.21. The van der Waals surface area contributed by atoms with Crippen LogP contribution in [0, 0.1) is 5.92 Å². The fourth-order valence-electron chi connectivity index (χ4n) is 1.94. The third kappa shape index (κ3) is 3.04. The summed E-state index contributed by atoms with van der Waals surface area (Å²) in [6.07, 6.45) is 4.80. The number of nitrogens with one attached hydrogen (secondary N) is 1. The minimum absolute atomic E-state index is 0.00786. The Morgan fingerprint density at radius 2 is 2.22 bits per heavy atom. The first-order chi connectivity index (χ1) is 8.40. The van der Waals surface area contributed by atoms with Crippen molar-refractivity contribution in [2.45, 2.75) is 37.1 Å². The lowest BCUT2D eigenvalue weighted by molar-refractivity contribution is 0.260. The first-order valence-corrected chi connectivity index (χ1v) is 8.39. The number of halogens is 2. The van der Waals surface area contributed by atoms with E-state index in [1.807, 2.05) is 6.92 Å². The maximum Gasteiger partial charge on any atom is 0.243 e. The zero-order chi connectivity index (χ0) is 13.3. The van der Waals surface area contributed by atoms with Gasteiger partial charge in [0.05, 0.1) is 0 Å². The fraction of sp³-hybridized carbons (Fsp3) is 0.545. The van der Waals surface area contributed by atoms with E-state index < -0.39 is 10.0 Å². The van der Waals surface area contributed by atoms with E-state index in [9.17, 15) is 8.42 Å². The van der Waals surface area contributed by atoms with Crippen LogP contribution >= 0.6 is 27.5 Å². The lowest BCUT2D eigenvalue weighted by Gasteiger charge is -2.31. The molecule has 0 spiro atoms. The molecular weight excluding hydrogens is 340 g/mol. The summed E-state index contributed by atoms with van der Waals surface area (Å²) in [5.74, 6) is 0.429. The van der Waals surface area contributed by atoms with Crippen molar-refractivity contribution in [1.82, 2.24) is 9.71 Å². The summed E-state index contributed by atoms with van der Waals surface area (Å²) >= 11 is 9.04. The van der Waals surface area contributed by atoms with Crippen molar-refractivity contribution in [2.24, 2.45) is 5.92 Å². The van der Waals surface area contributed by atoms with E-state index >= 15 is 0 Å². The zero-order valence-corrected chi connectivity index (χ0v) is 13.0. The molecule has 0 aromatic carbocycles. The summed E-state index contributed by atoms with van der Waals surface area (Å²) in [7, 11) is -3.61. The Labute approximate surface area is 120 Å². The van der Waals surface area contributed by atoms with Crippen molar-refractivity contribution in [2.75, 3.05) is 0 Å². The Hall–Kier alpha value is -0.170. The van der Waals surface area contributed by atoms with Gasteiger partial charge in [-0.25, -0.2) is 18.1 Å². The molecular formula is C11H14BrClN2O2S. The fourth-order valence-corrected chi connectivity index (χ4v) is 4.19. The predicted molar refractivity (Wildman–Crippen MR) is 74.1 cm³/mol. The highest BCUT2D eigenvalue weighted by molar-refractivity contribution is 9.10. The minimum atomic E-state index is -3.61. The molecule has 1 atom stereocenters. The molecule has 4 nitrogen and oxygen atoms in total. The van der Waals surface area contributed by atoms with Gasteiger partial charge in [0.1, 0.15) is 10.0 Å². The van der Waals surface area contributed by atoms with Crippen LogP contribution in [0.2, 0.25) is 5.15 Å². The second-order valence-corrected chi connectivity index (χ2v) is 7.50. The second-order valence-electron chi connectivity index (χ2n) is 4.54. The third-order valence-electron chi connectivity index (χ3n) is 3.26. The van der Waals surface area contributed by atoms with E-state index in [1.54, 1.807) is 0 Å². The quantitative estimate of drug-likeness (QED) is 0.847. The van der Waals surface area contributed by atoms with Crippen LogP contribution < -0.4 is 4.72 Å². The molecule has 1 aliphatic carbocycles. The number of rotatable bonds is 4. The topological polar surface area (TPSA) is 59.1 Å². The zero-order valence-electron chi connectivity index (χ0n) is 9.86. The highest BCUT2D eigenvalue weighted by atomic mass is 79.9. The van der Waals surface area contributed by atoms with Crippen LogP contribution in [0.1, 0.15) is 26.2 Å². The average Bonchev–Trinajstić information content (AvgIpc) is 2.17. The maximum absolute atomic E-state index is 12.2. The number of nitrogens with zero attached hydrogens (tertiary/aromatic N) is 1. The summed E-state index contributed by atoms with van der Waals surface area (Å²) in [5.41, 5.74) is 0. The van der Waals surface area contributed by atoms with E-state index in [-0.39, 0.29) is 16.1 Å². The molecule has 18 heavy (non-hydrogen) atoms. The van der Waals surface area contributed by atoms with Gasteiger partial charge in [-0.05, 0) is 47.7 Å². The van der Waals surface area contributed by atoms with Crippen LogP contribution in [0.25, 0.3) is 0 Å². The molecule has 0 bridgehead atoms. The Morgan fingerprint density at radius 3 is 2.78 bits per heavy atom. The largest absolute Gasteiger partial charge is 0.243 e. The lowest BCUT2D eigenvalue weighted by atomic mass is 9.81. The van der Waals surface area contributed by atoms with E-state index in [2.05, 4.69) is 25.6 Å². The molecule has 1 aromatic rings. The molecule has 1 fully saturated rings. The van der Waals surface area contributed by atoms with E-state index in [4.69, 9.17) is 11.6 Å². The molecule has 1 saturated carbocycles. The van der Waals surface area contributed by atoms with Crippen LogP contribution in [0.4, 0.5) is 0 Å². The van der Waals surface area contributed by atoms with E-state index in [0.29, 0.717) is 10.4 Å². The van der Waals surface area contributed by atoms with Crippen molar-refractivity contribution in [3.63, 3.8) is 0 Å². The average molecular weight is 354 g/mol. The van der Waals surface area contributed by atoms with Crippen LogP contribution in [0.15, 0.2) is 21.6 Å². The summed E-state index contributed by atoms with van der Waals surface area (Å²) in [5, 5.41) is -0.00786. The molecule has 1 aromatic heterocycles. The highest BCUT2D eigenvalue weighted by Crippen LogP contribution is 2.30. The molecule has 0 amide bonds. The molecule has 1 N–H and O–H groups in total. The molecule has 0 saturated heterocycles. The number of pyridine rings is 1. The Kier molecular flexibility index (Phi) is 4.31. The van der Waals surface area contributed by atoms with Crippen molar-refractivity contribution in [3.05, 3.63) is 21.9 Å². The van der Waals surface area contributed by atoms with Crippen molar-refractivity contribution < 1.29 is 8.42 Å². The number of sulfonamides is 1. The highest BCUT2D eigenvalue weighted by Gasteiger charge is 2.29. The summed E-state index contributed by atoms with van der Waals surface area (Å²) in [4.78, 5) is 3.85. The molecule has 0 radical (unpaired) electrons. The van der Waals surface area contributed by atoms with Crippen molar-refractivity contribution in [3.8, 4) is 0 Å².